The maximum Gasteiger partial charge on any atom is 0.357 e. The molecule has 0 amide bonds. The van der Waals surface area contributed by atoms with E-state index >= 15 is 0 Å². The Morgan fingerprint density at radius 3 is 2.71 bits per heavy atom. The van der Waals surface area contributed by atoms with Crippen molar-refractivity contribution in [3.05, 3.63) is 53.4 Å². The number of hydrogen-bond donors (Lipinski definition) is 1. The number of aliphatic hydroxyl groups is 1. The molecular formula is C34H41NO7. The van der Waals surface area contributed by atoms with E-state index in [1.54, 1.807) is 36.5 Å². The summed E-state index contributed by atoms with van der Waals surface area (Å²) < 4.78 is 18.4. The number of pyridine rings is 1. The van der Waals surface area contributed by atoms with Crippen LogP contribution in [0.5, 0.6) is 0 Å². The Balaban J connectivity index is 1.13. The zero-order valence-electron chi connectivity index (χ0n) is 24.9. The van der Waals surface area contributed by atoms with Crippen molar-refractivity contribution < 1.29 is 33.7 Å². The van der Waals surface area contributed by atoms with Gasteiger partial charge in [0, 0.05) is 12.6 Å². The van der Waals surface area contributed by atoms with Gasteiger partial charge in [-0.25, -0.2) is 14.6 Å². The number of allylic oxidation sites excluding steroid dienone is 1. The highest BCUT2D eigenvalue weighted by Gasteiger charge is 2.81. The van der Waals surface area contributed by atoms with Crippen molar-refractivity contribution in [2.75, 3.05) is 6.61 Å². The van der Waals surface area contributed by atoms with Crippen LogP contribution in [0.15, 0.2) is 47.7 Å². The normalized spacial score (nSPS) is 44.4. The SMILES string of the molecule is CC1=C(CO)C(=O)O[C@@H](C(C)[C@H]2CCC3C4CC5OC56C(OC(=O)c5ccccn5)C=CC(=O)C6(C)C4CCC32C)C1. The summed E-state index contributed by atoms with van der Waals surface area (Å²) in [5.41, 5.74) is 0.0520. The van der Waals surface area contributed by atoms with E-state index in [1.165, 1.54) is 0 Å². The number of hydrogen-bond acceptors (Lipinski definition) is 8. The molecule has 0 bridgehead atoms. The molecule has 0 aromatic carbocycles. The largest absolute Gasteiger partial charge is 0.458 e. The second kappa shape index (κ2) is 9.58. The number of epoxide rings is 1. The Kier molecular flexibility index (Phi) is 6.38. The number of cyclic esters (lactones) is 1. The molecule has 9 unspecified atom stereocenters. The summed E-state index contributed by atoms with van der Waals surface area (Å²) in [5, 5.41) is 9.61. The summed E-state index contributed by atoms with van der Waals surface area (Å²) in [6.07, 6.45) is 9.54. The predicted molar refractivity (Wildman–Crippen MR) is 152 cm³/mol. The van der Waals surface area contributed by atoms with E-state index in [0.29, 0.717) is 29.7 Å². The Labute approximate surface area is 246 Å². The Morgan fingerprint density at radius 2 is 2.00 bits per heavy atom. The van der Waals surface area contributed by atoms with E-state index in [1.807, 2.05) is 6.92 Å². The van der Waals surface area contributed by atoms with Crippen molar-refractivity contribution >= 4 is 17.7 Å². The Morgan fingerprint density at radius 1 is 1.19 bits per heavy atom. The number of aliphatic hydroxyl groups excluding tert-OH is 1. The molecule has 8 heteroatoms. The quantitative estimate of drug-likeness (QED) is 0.400. The Hall–Kier alpha value is -2.84. The number of rotatable bonds is 5. The molecule has 2 aliphatic heterocycles. The first-order valence-electron chi connectivity index (χ1n) is 15.6. The fourth-order valence-corrected chi connectivity index (χ4v) is 10.5. The second-order valence-corrected chi connectivity index (χ2v) is 14.1. The highest BCUT2D eigenvalue weighted by molar-refractivity contribution is 5.98. The molecule has 1 spiro atoms. The lowest BCUT2D eigenvalue weighted by molar-refractivity contribution is -0.156. The summed E-state index contributed by atoms with van der Waals surface area (Å²) >= 11 is 0. The van der Waals surface area contributed by atoms with Crippen LogP contribution < -0.4 is 0 Å². The van der Waals surface area contributed by atoms with Gasteiger partial charge in [-0.05, 0) is 105 Å². The van der Waals surface area contributed by atoms with E-state index in [9.17, 15) is 19.5 Å². The lowest BCUT2D eigenvalue weighted by Crippen LogP contribution is -2.64. The molecule has 0 radical (unpaired) electrons. The first kappa shape index (κ1) is 28.0. The summed E-state index contributed by atoms with van der Waals surface area (Å²) in [7, 11) is 0. The number of fused-ring (bicyclic) bond motifs is 4. The fourth-order valence-electron chi connectivity index (χ4n) is 10.5. The number of nitrogens with zero attached hydrogens (tertiary/aromatic N) is 1. The maximum absolute atomic E-state index is 13.8. The molecule has 7 rings (SSSR count). The van der Waals surface area contributed by atoms with Gasteiger partial charge in [0.05, 0.1) is 23.7 Å². The summed E-state index contributed by atoms with van der Waals surface area (Å²) in [5.74, 6) is 0.709. The minimum Gasteiger partial charge on any atom is -0.458 e. The first-order chi connectivity index (χ1) is 20.1. The van der Waals surface area contributed by atoms with Crippen molar-refractivity contribution in [3.63, 3.8) is 0 Å². The molecule has 3 saturated carbocycles. The molecule has 42 heavy (non-hydrogen) atoms. The van der Waals surface area contributed by atoms with E-state index in [0.717, 1.165) is 37.7 Å². The molecule has 1 N–H and O–H groups in total. The van der Waals surface area contributed by atoms with Gasteiger partial charge in [0.1, 0.15) is 17.4 Å². The molecule has 6 aliphatic rings. The van der Waals surface area contributed by atoms with E-state index < -0.39 is 23.1 Å². The summed E-state index contributed by atoms with van der Waals surface area (Å²) in [4.78, 5) is 43.6. The fraction of sp³-hybridized carbons (Fsp3) is 0.647. The van der Waals surface area contributed by atoms with Crippen molar-refractivity contribution in [2.24, 2.45) is 40.4 Å². The number of aromatic nitrogens is 1. The third kappa shape index (κ3) is 3.66. The van der Waals surface area contributed by atoms with E-state index in [4.69, 9.17) is 14.2 Å². The topological polar surface area (TPSA) is 115 Å². The average molecular weight is 576 g/mol. The van der Waals surface area contributed by atoms with Crippen LogP contribution in [0.2, 0.25) is 0 Å². The number of carbonyl (C=O) groups is 3. The number of ketones is 1. The third-order valence-electron chi connectivity index (χ3n) is 12.7. The third-order valence-corrected chi connectivity index (χ3v) is 12.7. The highest BCUT2D eigenvalue weighted by Crippen LogP contribution is 2.73. The van der Waals surface area contributed by atoms with Crippen LogP contribution in [0.4, 0.5) is 0 Å². The van der Waals surface area contributed by atoms with Crippen LogP contribution in [-0.4, -0.2) is 58.3 Å². The summed E-state index contributed by atoms with van der Waals surface area (Å²) in [6.45, 7) is 8.36. The lowest BCUT2D eigenvalue weighted by atomic mass is 9.44. The monoisotopic (exact) mass is 575 g/mol. The number of ether oxygens (including phenoxy) is 3. The molecular weight excluding hydrogens is 534 g/mol. The maximum atomic E-state index is 13.8. The molecule has 1 aromatic rings. The molecule has 1 aromatic heterocycles. The van der Waals surface area contributed by atoms with Crippen molar-refractivity contribution in [1.82, 2.24) is 4.98 Å². The second-order valence-electron chi connectivity index (χ2n) is 14.1. The molecule has 8 nitrogen and oxygen atoms in total. The highest BCUT2D eigenvalue weighted by atomic mass is 16.7. The summed E-state index contributed by atoms with van der Waals surface area (Å²) in [6, 6.07) is 5.14. The standard InChI is InChI=1S/C34H41NO7/c1-18-15-26(40-30(38)21(18)17-36)19(2)22-8-9-23-20-16-29-34(42-29)28(41-31(39)25-7-5-6-14-35-25)11-10-27(37)33(34,4)24(20)12-13-32(22,23)3/h5-7,10-11,14,19-20,22-24,26,28-29,36H,8-9,12-13,15-17H2,1-4H3/t19?,20?,22-,23?,24?,26-,28?,29?,32?,33?,34?/m1/s1. The van der Waals surface area contributed by atoms with E-state index in [2.05, 4.69) is 25.8 Å². The first-order valence-corrected chi connectivity index (χ1v) is 15.6. The predicted octanol–water partition coefficient (Wildman–Crippen LogP) is 4.61. The molecule has 3 heterocycles. The van der Waals surface area contributed by atoms with Gasteiger partial charge in [-0.2, -0.15) is 0 Å². The molecule has 224 valence electrons. The van der Waals surface area contributed by atoms with Gasteiger partial charge < -0.3 is 19.3 Å². The number of carbonyl (C=O) groups excluding carboxylic acids is 3. The van der Waals surface area contributed by atoms with Crippen LogP contribution in [0.1, 0.15) is 76.7 Å². The molecule has 4 aliphatic carbocycles. The van der Waals surface area contributed by atoms with E-state index in [-0.39, 0.29) is 53.5 Å². The molecule has 11 atom stereocenters. The van der Waals surface area contributed by atoms with Gasteiger partial charge in [-0.3, -0.25) is 4.79 Å². The van der Waals surface area contributed by atoms with Gasteiger partial charge in [0.2, 0.25) is 0 Å². The van der Waals surface area contributed by atoms with Crippen molar-refractivity contribution in [3.8, 4) is 0 Å². The van der Waals surface area contributed by atoms with Crippen LogP contribution in [0, 0.1) is 40.4 Å². The molecule has 4 fully saturated rings. The van der Waals surface area contributed by atoms with Gasteiger partial charge in [-0.15, -0.1) is 0 Å². The van der Waals surface area contributed by atoms with Gasteiger partial charge in [-0.1, -0.05) is 25.5 Å². The minimum absolute atomic E-state index is 0.0749. The Bertz CT molecular complexity index is 1390. The zero-order chi connectivity index (χ0) is 29.6. The minimum atomic E-state index is -0.825. The van der Waals surface area contributed by atoms with Gasteiger partial charge >= 0.3 is 11.9 Å². The lowest BCUT2D eigenvalue weighted by Gasteiger charge is -2.58. The van der Waals surface area contributed by atoms with Gasteiger partial charge in [0.15, 0.2) is 11.9 Å². The zero-order valence-corrected chi connectivity index (χ0v) is 24.9. The van der Waals surface area contributed by atoms with Crippen LogP contribution in [0.3, 0.4) is 0 Å². The van der Waals surface area contributed by atoms with Crippen LogP contribution in [0.25, 0.3) is 0 Å². The average Bonchev–Trinajstić information content (AvgIpc) is 3.60. The smallest absolute Gasteiger partial charge is 0.357 e. The van der Waals surface area contributed by atoms with Crippen molar-refractivity contribution in [1.29, 1.82) is 0 Å². The van der Waals surface area contributed by atoms with Crippen LogP contribution in [-0.2, 0) is 23.8 Å². The number of esters is 2. The van der Waals surface area contributed by atoms with Gasteiger partial charge in [0.25, 0.3) is 0 Å². The molecule has 1 saturated heterocycles. The van der Waals surface area contributed by atoms with Crippen LogP contribution >= 0.6 is 0 Å². The van der Waals surface area contributed by atoms with Crippen molar-refractivity contribution in [2.45, 2.75) is 90.1 Å².